The molecule has 9 heteroatoms. The molecule has 0 spiro atoms. The lowest BCUT2D eigenvalue weighted by Crippen LogP contribution is -2.35. The molecule has 0 heterocycles. The van der Waals surface area contributed by atoms with Crippen LogP contribution in [0.1, 0.15) is 37.6 Å². The van der Waals surface area contributed by atoms with Crippen molar-refractivity contribution in [1.82, 2.24) is 4.90 Å². The smallest absolute Gasteiger partial charge is 0.255 e. The van der Waals surface area contributed by atoms with E-state index in [1.54, 1.807) is 7.05 Å². The summed E-state index contributed by atoms with van der Waals surface area (Å²) in [6, 6.07) is 4.40. The molecule has 0 saturated carbocycles. The lowest BCUT2D eigenvalue weighted by Gasteiger charge is -2.23. The lowest BCUT2D eigenvalue weighted by molar-refractivity contribution is -0.114. The average molecular weight is 385 g/mol. The third kappa shape index (κ3) is 7.01. The molecule has 2 amide bonds. The standard InChI is InChI=1S/C17H28N4O4S/c1-11(2)15(18)8-9-21(4)17(23)14-10-13(19-12(3)22)6-7-16(14)20-26(5,24)25/h6-7,10-11,15,20H,8-9,18H2,1-5H3,(H,19,22). The summed E-state index contributed by atoms with van der Waals surface area (Å²) >= 11 is 0. The lowest BCUT2D eigenvalue weighted by atomic mass is 10.0. The molecule has 1 unspecified atom stereocenters. The Hall–Kier alpha value is -2.13. The maximum absolute atomic E-state index is 12.8. The molecule has 0 aliphatic rings. The number of sulfonamides is 1. The predicted octanol–water partition coefficient (Wildman–Crippen LogP) is 1.46. The number of hydrogen-bond donors (Lipinski definition) is 3. The van der Waals surface area contributed by atoms with E-state index in [0.29, 0.717) is 24.6 Å². The van der Waals surface area contributed by atoms with Gasteiger partial charge < -0.3 is 16.0 Å². The van der Waals surface area contributed by atoms with E-state index >= 15 is 0 Å². The van der Waals surface area contributed by atoms with Crippen molar-refractivity contribution in [2.75, 3.05) is 29.9 Å². The minimum atomic E-state index is -3.56. The molecule has 0 saturated heterocycles. The van der Waals surface area contributed by atoms with E-state index in [4.69, 9.17) is 5.73 Å². The number of rotatable bonds is 8. The van der Waals surface area contributed by atoms with Crippen LogP contribution in [0.25, 0.3) is 0 Å². The van der Waals surface area contributed by atoms with E-state index in [9.17, 15) is 18.0 Å². The fraction of sp³-hybridized carbons (Fsp3) is 0.529. The molecular formula is C17H28N4O4S. The maximum atomic E-state index is 12.8. The minimum absolute atomic E-state index is 0.0374. The van der Waals surface area contributed by atoms with E-state index in [-0.39, 0.29) is 29.1 Å². The fourth-order valence-electron chi connectivity index (χ4n) is 2.27. The van der Waals surface area contributed by atoms with Gasteiger partial charge in [-0.3, -0.25) is 14.3 Å². The van der Waals surface area contributed by atoms with Crippen molar-refractivity contribution in [1.29, 1.82) is 0 Å². The zero-order valence-electron chi connectivity index (χ0n) is 15.9. The summed E-state index contributed by atoms with van der Waals surface area (Å²) in [4.78, 5) is 25.5. The van der Waals surface area contributed by atoms with Crippen molar-refractivity contribution in [3.8, 4) is 0 Å². The summed E-state index contributed by atoms with van der Waals surface area (Å²) in [6.45, 7) is 5.81. The van der Waals surface area contributed by atoms with Gasteiger partial charge in [0.15, 0.2) is 0 Å². The normalized spacial score (nSPS) is 12.6. The molecule has 0 bridgehead atoms. The molecule has 4 N–H and O–H groups in total. The Morgan fingerprint density at radius 1 is 1.27 bits per heavy atom. The van der Waals surface area contributed by atoms with Crippen LogP contribution in [0, 0.1) is 5.92 Å². The highest BCUT2D eigenvalue weighted by Crippen LogP contribution is 2.23. The number of carbonyl (C=O) groups excluding carboxylic acids is 2. The summed E-state index contributed by atoms with van der Waals surface area (Å²) < 4.78 is 25.5. The molecule has 0 aromatic heterocycles. The highest BCUT2D eigenvalue weighted by Gasteiger charge is 2.20. The van der Waals surface area contributed by atoms with Gasteiger partial charge >= 0.3 is 0 Å². The van der Waals surface area contributed by atoms with Gasteiger partial charge in [-0.05, 0) is 30.5 Å². The number of anilines is 2. The number of nitrogens with zero attached hydrogens (tertiary/aromatic N) is 1. The number of nitrogens with two attached hydrogens (primary N) is 1. The predicted molar refractivity (Wildman–Crippen MR) is 104 cm³/mol. The van der Waals surface area contributed by atoms with E-state index in [0.717, 1.165) is 6.26 Å². The van der Waals surface area contributed by atoms with Crippen LogP contribution in [0.15, 0.2) is 18.2 Å². The van der Waals surface area contributed by atoms with E-state index in [1.165, 1.54) is 30.0 Å². The summed E-state index contributed by atoms with van der Waals surface area (Å²) in [5, 5.41) is 2.59. The van der Waals surface area contributed by atoms with Gasteiger partial charge in [0.2, 0.25) is 15.9 Å². The molecular weight excluding hydrogens is 356 g/mol. The fourth-order valence-corrected chi connectivity index (χ4v) is 2.85. The SMILES string of the molecule is CC(=O)Nc1ccc(NS(C)(=O)=O)c(C(=O)N(C)CCC(N)C(C)C)c1. The summed E-state index contributed by atoms with van der Waals surface area (Å²) in [5.41, 5.74) is 6.74. The average Bonchev–Trinajstić information content (AvgIpc) is 2.50. The van der Waals surface area contributed by atoms with Crippen molar-refractivity contribution < 1.29 is 18.0 Å². The second-order valence-electron chi connectivity index (χ2n) is 6.74. The zero-order valence-corrected chi connectivity index (χ0v) is 16.7. The van der Waals surface area contributed by atoms with Crippen LogP contribution in [0.3, 0.4) is 0 Å². The maximum Gasteiger partial charge on any atom is 0.255 e. The van der Waals surface area contributed by atoms with Crippen LogP contribution in [-0.4, -0.2) is 51.0 Å². The highest BCUT2D eigenvalue weighted by atomic mass is 32.2. The van der Waals surface area contributed by atoms with Crippen LogP contribution >= 0.6 is 0 Å². The molecule has 0 aliphatic carbocycles. The van der Waals surface area contributed by atoms with Crippen molar-refractivity contribution in [2.24, 2.45) is 11.7 Å². The first-order valence-electron chi connectivity index (χ1n) is 8.31. The molecule has 1 aromatic carbocycles. The molecule has 0 radical (unpaired) electrons. The molecule has 1 rings (SSSR count). The Morgan fingerprint density at radius 2 is 1.88 bits per heavy atom. The second kappa shape index (κ2) is 9.00. The number of nitrogens with one attached hydrogen (secondary N) is 2. The number of carbonyl (C=O) groups is 2. The van der Waals surface area contributed by atoms with Crippen LogP contribution < -0.4 is 15.8 Å². The van der Waals surface area contributed by atoms with E-state index in [1.807, 2.05) is 13.8 Å². The molecule has 8 nitrogen and oxygen atoms in total. The summed E-state index contributed by atoms with van der Waals surface area (Å²) in [7, 11) is -1.93. The van der Waals surface area contributed by atoms with Crippen LogP contribution in [0.4, 0.5) is 11.4 Å². The van der Waals surface area contributed by atoms with Crippen LogP contribution in [-0.2, 0) is 14.8 Å². The Kier molecular flexibility index (Phi) is 7.58. The molecule has 0 aliphatic heterocycles. The highest BCUT2D eigenvalue weighted by molar-refractivity contribution is 7.92. The van der Waals surface area contributed by atoms with Gasteiger partial charge in [-0.2, -0.15) is 0 Å². The Bertz CT molecular complexity index is 762. The monoisotopic (exact) mass is 384 g/mol. The van der Waals surface area contributed by atoms with Gasteiger partial charge in [-0.25, -0.2) is 8.42 Å². The molecule has 146 valence electrons. The van der Waals surface area contributed by atoms with E-state index in [2.05, 4.69) is 10.0 Å². The molecule has 1 atom stereocenters. The largest absolute Gasteiger partial charge is 0.342 e. The third-order valence-electron chi connectivity index (χ3n) is 3.87. The quantitative estimate of drug-likeness (QED) is 0.626. The van der Waals surface area contributed by atoms with Crippen molar-refractivity contribution in [3.05, 3.63) is 23.8 Å². The van der Waals surface area contributed by atoms with Gasteiger partial charge in [-0.1, -0.05) is 13.8 Å². The first-order chi connectivity index (χ1) is 11.9. The van der Waals surface area contributed by atoms with Crippen molar-refractivity contribution >= 4 is 33.2 Å². The molecule has 0 fully saturated rings. The van der Waals surface area contributed by atoms with Crippen molar-refractivity contribution in [3.63, 3.8) is 0 Å². The minimum Gasteiger partial charge on any atom is -0.342 e. The van der Waals surface area contributed by atoms with Crippen LogP contribution in [0.5, 0.6) is 0 Å². The van der Waals surface area contributed by atoms with Crippen LogP contribution in [0.2, 0.25) is 0 Å². The topological polar surface area (TPSA) is 122 Å². The van der Waals surface area contributed by atoms with Crippen molar-refractivity contribution in [2.45, 2.75) is 33.2 Å². The first kappa shape index (κ1) is 21.9. The summed E-state index contributed by atoms with van der Waals surface area (Å²) in [6.07, 6.45) is 1.63. The third-order valence-corrected chi connectivity index (χ3v) is 4.46. The van der Waals surface area contributed by atoms with Gasteiger partial charge in [0.1, 0.15) is 0 Å². The van der Waals surface area contributed by atoms with Gasteiger partial charge in [0.25, 0.3) is 5.91 Å². The second-order valence-corrected chi connectivity index (χ2v) is 8.49. The summed E-state index contributed by atoms with van der Waals surface area (Å²) in [5.74, 6) is -0.355. The Balaban J connectivity index is 3.11. The van der Waals surface area contributed by atoms with Gasteiger partial charge in [-0.15, -0.1) is 0 Å². The molecule has 1 aromatic rings. The number of hydrogen-bond acceptors (Lipinski definition) is 5. The van der Waals surface area contributed by atoms with Gasteiger partial charge in [0.05, 0.1) is 17.5 Å². The zero-order chi connectivity index (χ0) is 20.1. The Labute approximate surface area is 155 Å². The number of benzene rings is 1. The van der Waals surface area contributed by atoms with E-state index < -0.39 is 10.0 Å². The van der Waals surface area contributed by atoms with Gasteiger partial charge in [0, 0.05) is 32.2 Å². The first-order valence-corrected chi connectivity index (χ1v) is 10.2. The molecule has 26 heavy (non-hydrogen) atoms. The Morgan fingerprint density at radius 3 is 2.38 bits per heavy atom. The number of amides is 2.